The van der Waals surface area contributed by atoms with Gasteiger partial charge in [-0.1, -0.05) is 6.58 Å². The number of nitrogens with zero attached hydrogens (tertiary/aromatic N) is 4. The van der Waals surface area contributed by atoms with Gasteiger partial charge in [-0.15, -0.1) is 11.8 Å². The van der Waals surface area contributed by atoms with Crippen molar-refractivity contribution in [3.05, 3.63) is 58.5 Å². The Hall–Kier alpha value is -4.18. The molecule has 0 radical (unpaired) electrons. The van der Waals surface area contributed by atoms with E-state index in [0.717, 1.165) is 23.9 Å². The third kappa shape index (κ3) is 6.20. The van der Waals surface area contributed by atoms with Gasteiger partial charge in [-0.3, -0.25) is 14.2 Å². The number of halogens is 5. The summed E-state index contributed by atoms with van der Waals surface area (Å²) in [6.07, 6.45) is -3.77. The average molecular weight is 656 g/mol. The largest absolute Gasteiger partial charge is 0.483 e. The minimum atomic E-state index is -4.96. The molecule has 0 bridgehead atoms. The minimum Gasteiger partial charge on any atom is -0.483 e. The van der Waals surface area contributed by atoms with Crippen LogP contribution in [0.3, 0.4) is 0 Å². The first-order valence-electron chi connectivity index (χ1n) is 13.5. The van der Waals surface area contributed by atoms with Crippen LogP contribution in [0, 0.1) is 11.6 Å². The maximum atomic E-state index is 15.2. The highest BCUT2D eigenvalue weighted by atomic mass is 32.2. The van der Waals surface area contributed by atoms with Gasteiger partial charge in [-0.25, -0.2) is 13.6 Å². The third-order valence-electron chi connectivity index (χ3n) is 7.60. The second-order valence-corrected chi connectivity index (χ2v) is 11.6. The molecule has 16 heteroatoms. The first-order valence-corrected chi connectivity index (χ1v) is 14.5. The molecule has 3 aromatic rings. The highest BCUT2D eigenvalue weighted by Gasteiger charge is 2.41. The predicted molar refractivity (Wildman–Crippen MR) is 159 cm³/mol. The van der Waals surface area contributed by atoms with Crippen molar-refractivity contribution >= 4 is 46.5 Å². The number of benzene rings is 2. The molecule has 3 atom stereocenters. The molecule has 10 nitrogen and oxygen atoms in total. The van der Waals surface area contributed by atoms with E-state index in [4.69, 9.17) is 20.4 Å². The zero-order valence-corrected chi connectivity index (χ0v) is 25.2. The van der Waals surface area contributed by atoms with Crippen molar-refractivity contribution in [3.8, 4) is 11.1 Å². The first kappa shape index (κ1) is 33.7. The van der Waals surface area contributed by atoms with Crippen LogP contribution in [0.2, 0.25) is 0 Å². The Morgan fingerprint density at radius 3 is 2.38 bits per heavy atom. The number of alkyl halides is 3. The molecule has 2 aliphatic rings. The van der Waals surface area contributed by atoms with Gasteiger partial charge in [0.1, 0.15) is 17.5 Å². The number of nitrogens with two attached hydrogens (primary N) is 1. The number of nitrogen functional groups attached to an aromatic ring is 1. The quantitative estimate of drug-likeness (QED) is 0.176. The van der Waals surface area contributed by atoms with Crippen molar-refractivity contribution in [1.29, 1.82) is 0 Å². The Morgan fingerprint density at radius 1 is 1.20 bits per heavy atom. The fraction of sp³-hybridized carbons (Fsp3) is 0.379. The molecule has 0 spiro atoms. The van der Waals surface area contributed by atoms with E-state index in [0.29, 0.717) is 6.07 Å². The standard InChI is InChI=1S/C28H28F5N5O3S.CH2O2/c1-5-22(39)37-13(2)9-36(10-14(37)3)26-17-6-18(28(31,32)33)23(16-7-21(34)20(30)8-19(16)29)25-24(17)38(27(40)35-26)15(11-41-4)12-42-25;2-1-3/h5-8,13-15H,1,9-12,34H2,2-4H3;1H,(H,2,3)/t13-,14+,15-;/m0./s1. The second-order valence-electron chi connectivity index (χ2n) is 10.5. The summed E-state index contributed by atoms with van der Waals surface area (Å²) in [7, 11) is 1.44. The van der Waals surface area contributed by atoms with Crippen LogP contribution in [-0.2, 0) is 20.5 Å². The molecule has 2 aliphatic heterocycles. The number of ether oxygens (including phenoxy) is 1. The lowest BCUT2D eigenvalue weighted by atomic mass is 9.95. The number of methoxy groups -OCH3 is 1. The highest BCUT2D eigenvalue weighted by Crippen LogP contribution is 2.50. The van der Waals surface area contributed by atoms with Crippen LogP contribution in [0.25, 0.3) is 22.0 Å². The van der Waals surface area contributed by atoms with Crippen LogP contribution in [0.5, 0.6) is 0 Å². The molecule has 2 aromatic carbocycles. The molecule has 1 amide bonds. The van der Waals surface area contributed by atoms with Crippen LogP contribution in [-0.4, -0.2) is 76.6 Å². The molecular weight excluding hydrogens is 625 g/mol. The maximum Gasteiger partial charge on any atom is 0.417 e. The van der Waals surface area contributed by atoms with Crippen molar-refractivity contribution in [1.82, 2.24) is 14.5 Å². The fourth-order valence-corrected chi connectivity index (χ4v) is 7.24. The summed E-state index contributed by atoms with van der Waals surface area (Å²) < 4.78 is 80.0. The number of carbonyl (C=O) groups excluding carboxylic acids is 1. The number of carbonyl (C=O) groups is 2. The van der Waals surface area contributed by atoms with Crippen LogP contribution < -0.4 is 16.3 Å². The van der Waals surface area contributed by atoms with Gasteiger partial charge in [0.05, 0.1) is 29.4 Å². The Balaban J connectivity index is 0.00000148. The number of amides is 1. The lowest BCUT2D eigenvalue weighted by Gasteiger charge is -2.45. The monoisotopic (exact) mass is 655 g/mol. The van der Waals surface area contributed by atoms with Crippen molar-refractivity contribution in [2.24, 2.45) is 0 Å². The lowest BCUT2D eigenvalue weighted by Crippen LogP contribution is -2.58. The second kappa shape index (κ2) is 13.0. The van der Waals surface area contributed by atoms with Gasteiger partial charge in [0.25, 0.3) is 6.47 Å². The Kier molecular flexibility index (Phi) is 9.77. The highest BCUT2D eigenvalue weighted by molar-refractivity contribution is 7.99. The maximum absolute atomic E-state index is 15.2. The molecule has 1 saturated heterocycles. The molecule has 0 saturated carbocycles. The van der Waals surface area contributed by atoms with Crippen molar-refractivity contribution < 1.29 is 41.4 Å². The summed E-state index contributed by atoms with van der Waals surface area (Å²) in [6.45, 7) is 7.31. The Morgan fingerprint density at radius 2 is 1.82 bits per heavy atom. The number of anilines is 2. The summed E-state index contributed by atoms with van der Waals surface area (Å²) in [6, 6.07) is 0.817. The number of thioether (sulfide) groups is 1. The van der Waals surface area contributed by atoms with Crippen LogP contribution in [0.4, 0.5) is 33.5 Å². The van der Waals surface area contributed by atoms with E-state index in [-0.39, 0.29) is 71.5 Å². The molecule has 0 unspecified atom stereocenters. The topological polar surface area (TPSA) is 131 Å². The summed E-state index contributed by atoms with van der Waals surface area (Å²) in [5.74, 6) is -2.46. The lowest BCUT2D eigenvalue weighted by molar-refractivity contribution is -0.137. The summed E-state index contributed by atoms with van der Waals surface area (Å²) >= 11 is 1.02. The van der Waals surface area contributed by atoms with Crippen molar-refractivity contribution in [2.45, 2.75) is 43.0 Å². The van der Waals surface area contributed by atoms with Gasteiger partial charge in [0, 0.05) is 65.5 Å². The molecule has 0 aliphatic carbocycles. The molecule has 242 valence electrons. The van der Waals surface area contributed by atoms with Crippen molar-refractivity contribution in [2.75, 3.05) is 43.2 Å². The number of piperazine rings is 1. The van der Waals surface area contributed by atoms with Gasteiger partial charge in [0.15, 0.2) is 0 Å². The third-order valence-corrected chi connectivity index (χ3v) is 8.84. The average Bonchev–Trinajstić information content (AvgIpc) is 2.96. The Bertz CT molecular complexity index is 1700. The smallest absolute Gasteiger partial charge is 0.417 e. The first-order chi connectivity index (χ1) is 21.2. The number of carboxylic acid groups (broad SMARTS) is 1. The zero-order chi connectivity index (χ0) is 33.4. The predicted octanol–water partition coefficient (Wildman–Crippen LogP) is 4.55. The number of aromatic nitrogens is 2. The summed E-state index contributed by atoms with van der Waals surface area (Å²) in [5.41, 5.74) is 2.31. The van der Waals surface area contributed by atoms with Gasteiger partial charge < -0.3 is 25.4 Å². The van der Waals surface area contributed by atoms with Gasteiger partial charge in [-0.05, 0) is 32.1 Å². The number of hydrogen-bond acceptors (Lipinski definition) is 8. The molecule has 45 heavy (non-hydrogen) atoms. The van der Waals surface area contributed by atoms with Crippen LogP contribution in [0.15, 0.2) is 40.5 Å². The van der Waals surface area contributed by atoms with E-state index in [2.05, 4.69) is 11.6 Å². The molecule has 5 rings (SSSR count). The molecule has 1 fully saturated rings. The number of rotatable bonds is 5. The number of hydrogen-bond donors (Lipinski definition) is 2. The molecule has 1 aromatic heterocycles. The van der Waals surface area contributed by atoms with E-state index in [1.54, 1.807) is 23.6 Å². The van der Waals surface area contributed by atoms with Crippen LogP contribution >= 0.6 is 11.8 Å². The van der Waals surface area contributed by atoms with Gasteiger partial charge in [0.2, 0.25) is 5.91 Å². The zero-order valence-electron chi connectivity index (χ0n) is 24.4. The van der Waals surface area contributed by atoms with E-state index < -0.39 is 51.9 Å². The van der Waals surface area contributed by atoms with Gasteiger partial charge >= 0.3 is 11.9 Å². The molecular formula is C29H30F5N5O5S. The summed E-state index contributed by atoms with van der Waals surface area (Å²) in [5, 5.41) is 6.92. The Labute approximate surface area is 258 Å². The summed E-state index contributed by atoms with van der Waals surface area (Å²) in [4.78, 5) is 42.0. The van der Waals surface area contributed by atoms with E-state index in [1.807, 2.05) is 0 Å². The molecule has 3 N–H and O–H groups in total. The molecule has 3 heterocycles. The fourth-order valence-electron chi connectivity index (χ4n) is 5.93. The van der Waals surface area contributed by atoms with E-state index in [9.17, 15) is 27.2 Å². The van der Waals surface area contributed by atoms with E-state index >= 15 is 4.39 Å². The minimum absolute atomic E-state index is 0.000552. The SMILES string of the molecule is C=CC(=O)N1[C@H](C)CN(c2nc(=O)n3c4c(c(-c5cc(N)c(F)cc5F)c(C(F)(F)F)cc24)SC[C@@H]3COC)C[C@@H]1C.O=CO. The van der Waals surface area contributed by atoms with Crippen molar-refractivity contribution in [3.63, 3.8) is 0 Å². The van der Waals surface area contributed by atoms with E-state index in [1.165, 1.54) is 17.8 Å². The normalized spacial score (nSPS) is 19.6. The van der Waals surface area contributed by atoms with Gasteiger partial charge in [-0.2, -0.15) is 18.2 Å². The van der Waals surface area contributed by atoms with Crippen LogP contribution in [0.1, 0.15) is 25.5 Å².